The van der Waals surface area contributed by atoms with Crippen molar-refractivity contribution in [1.29, 1.82) is 0 Å². The molecule has 2 aromatic rings. The van der Waals surface area contributed by atoms with Crippen molar-refractivity contribution in [2.45, 2.75) is 18.5 Å². The normalized spacial score (nSPS) is 20.1. The van der Waals surface area contributed by atoms with Gasteiger partial charge in [0.1, 0.15) is 5.54 Å². The highest BCUT2D eigenvalue weighted by Crippen LogP contribution is 2.54. The summed E-state index contributed by atoms with van der Waals surface area (Å²) in [6.45, 7) is 1.87. The molecule has 1 aliphatic heterocycles. The summed E-state index contributed by atoms with van der Waals surface area (Å²) < 4.78 is 13.3. The van der Waals surface area contributed by atoms with Gasteiger partial charge in [-0.05, 0) is 18.1 Å². The second kappa shape index (κ2) is 4.19. The largest absolute Gasteiger partial charge is 0.401 e. The van der Waals surface area contributed by atoms with E-state index in [4.69, 9.17) is 0 Å². The monoisotopic (exact) mass is 255 g/mol. The highest BCUT2D eigenvalue weighted by molar-refractivity contribution is 5.75. The molecule has 1 amide bonds. The molecule has 19 heavy (non-hydrogen) atoms. The molecule has 0 bridgehead atoms. The molecule has 0 aliphatic carbocycles. The van der Waals surface area contributed by atoms with Crippen LogP contribution in [-0.2, 0) is 5.54 Å². The third-order valence-corrected chi connectivity index (χ3v) is 3.92. The fraction of sp³-hybridized carbons (Fsp3) is 0.188. The predicted molar refractivity (Wildman–Crippen MR) is 71.5 cm³/mol. The summed E-state index contributed by atoms with van der Waals surface area (Å²) in [7, 11) is 0. The van der Waals surface area contributed by atoms with Crippen molar-refractivity contribution in [1.82, 2.24) is 4.90 Å². The van der Waals surface area contributed by atoms with E-state index in [1.807, 2.05) is 67.6 Å². The Morgan fingerprint density at radius 2 is 1.42 bits per heavy atom. The minimum absolute atomic E-state index is 0.171. The lowest BCUT2D eigenvalue weighted by Gasteiger charge is -2.17. The lowest BCUT2D eigenvalue weighted by Crippen LogP contribution is -2.20. The molecule has 1 saturated heterocycles. The molecule has 3 rings (SSSR count). The van der Waals surface area contributed by atoms with E-state index in [1.54, 1.807) is 0 Å². The van der Waals surface area contributed by atoms with Gasteiger partial charge in [-0.1, -0.05) is 60.7 Å². The third kappa shape index (κ3) is 1.58. The molecule has 1 unspecified atom stereocenters. The van der Waals surface area contributed by atoms with Gasteiger partial charge in [-0.3, -0.25) is 4.90 Å². The van der Waals surface area contributed by atoms with Gasteiger partial charge in [0.15, 0.2) is 0 Å². The fourth-order valence-electron chi connectivity index (χ4n) is 3.03. The summed E-state index contributed by atoms with van der Waals surface area (Å²) >= 11 is 0. The van der Waals surface area contributed by atoms with E-state index < -0.39 is 11.7 Å². The van der Waals surface area contributed by atoms with Crippen molar-refractivity contribution in [2.24, 2.45) is 0 Å². The summed E-state index contributed by atoms with van der Waals surface area (Å²) in [5, 5.41) is 0. The molecule has 0 saturated carbocycles. The SMILES string of the molecule is CC1N(C(=O)F)C1(c1ccccc1)c1ccccc1. The first-order chi connectivity index (χ1) is 9.19. The van der Waals surface area contributed by atoms with Crippen molar-refractivity contribution in [2.75, 3.05) is 0 Å². The third-order valence-electron chi connectivity index (χ3n) is 3.92. The number of carbonyl (C=O) groups excluding carboxylic acids is 1. The summed E-state index contributed by atoms with van der Waals surface area (Å²) in [5.74, 6) is 0. The fourth-order valence-corrected chi connectivity index (χ4v) is 3.03. The standard InChI is InChI=1S/C16H14FNO/c1-12-16(18(12)15(17)19,13-8-4-2-5-9-13)14-10-6-3-7-11-14/h2-12H,1H3. The Bertz CT molecular complexity index is 557. The van der Waals surface area contributed by atoms with E-state index in [0.29, 0.717) is 0 Å². The van der Waals surface area contributed by atoms with Crippen LogP contribution in [0.25, 0.3) is 0 Å². The predicted octanol–water partition coefficient (Wildman–Crippen LogP) is 3.72. The van der Waals surface area contributed by atoms with Crippen LogP contribution < -0.4 is 0 Å². The summed E-state index contributed by atoms with van der Waals surface area (Å²) in [5.41, 5.74) is 1.23. The molecule has 1 aliphatic rings. The van der Waals surface area contributed by atoms with Gasteiger partial charge < -0.3 is 0 Å². The Kier molecular flexibility index (Phi) is 2.63. The van der Waals surface area contributed by atoms with Gasteiger partial charge in [-0.2, -0.15) is 0 Å². The molecule has 2 nitrogen and oxygen atoms in total. The summed E-state index contributed by atoms with van der Waals surface area (Å²) in [6, 6.07) is 19.0. The number of hydrogen-bond donors (Lipinski definition) is 0. The molecule has 3 heteroatoms. The van der Waals surface area contributed by atoms with E-state index in [2.05, 4.69) is 0 Å². The lowest BCUT2D eigenvalue weighted by molar-refractivity contribution is 0.200. The molecule has 1 atom stereocenters. The minimum Gasteiger partial charge on any atom is -0.293 e. The molecule has 0 spiro atoms. The number of rotatable bonds is 2. The Hall–Kier alpha value is -2.16. The number of carbonyl (C=O) groups is 1. The van der Waals surface area contributed by atoms with E-state index in [1.165, 1.54) is 4.90 Å². The van der Waals surface area contributed by atoms with Crippen LogP contribution in [0.2, 0.25) is 0 Å². The molecule has 1 fully saturated rings. The van der Waals surface area contributed by atoms with Gasteiger partial charge in [-0.15, -0.1) is 4.39 Å². The van der Waals surface area contributed by atoms with Gasteiger partial charge in [0.2, 0.25) is 0 Å². The molecular formula is C16H14FNO. The zero-order valence-corrected chi connectivity index (χ0v) is 10.6. The Balaban J connectivity index is 2.17. The van der Waals surface area contributed by atoms with Crippen LogP contribution in [0.3, 0.4) is 0 Å². The van der Waals surface area contributed by atoms with Crippen molar-refractivity contribution in [3.63, 3.8) is 0 Å². The molecular weight excluding hydrogens is 241 g/mol. The van der Waals surface area contributed by atoms with Gasteiger partial charge in [0, 0.05) is 0 Å². The zero-order chi connectivity index (χ0) is 13.5. The van der Waals surface area contributed by atoms with Crippen LogP contribution in [0.4, 0.5) is 9.18 Å². The van der Waals surface area contributed by atoms with Gasteiger partial charge >= 0.3 is 6.16 Å². The Labute approximate surface area is 111 Å². The van der Waals surface area contributed by atoms with Crippen LogP contribution in [0.1, 0.15) is 18.1 Å². The van der Waals surface area contributed by atoms with Crippen LogP contribution in [0.15, 0.2) is 60.7 Å². The van der Waals surface area contributed by atoms with Crippen LogP contribution in [0.5, 0.6) is 0 Å². The second-order valence-corrected chi connectivity index (χ2v) is 4.80. The highest BCUT2D eigenvalue weighted by atomic mass is 19.1. The zero-order valence-electron chi connectivity index (χ0n) is 10.6. The van der Waals surface area contributed by atoms with E-state index in [0.717, 1.165) is 11.1 Å². The van der Waals surface area contributed by atoms with Crippen molar-refractivity contribution in [3.8, 4) is 0 Å². The highest BCUT2D eigenvalue weighted by Gasteiger charge is 2.65. The Morgan fingerprint density at radius 1 is 1.00 bits per heavy atom. The number of halogens is 1. The van der Waals surface area contributed by atoms with E-state index >= 15 is 0 Å². The number of nitrogens with zero attached hydrogens (tertiary/aromatic N) is 1. The quantitative estimate of drug-likeness (QED) is 0.455. The second-order valence-electron chi connectivity index (χ2n) is 4.80. The molecule has 1 heterocycles. The summed E-state index contributed by atoms with van der Waals surface area (Å²) in [4.78, 5) is 12.5. The molecule has 0 N–H and O–H groups in total. The van der Waals surface area contributed by atoms with E-state index in [-0.39, 0.29) is 6.04 Å². The first kappa shape index (κ1) is 11.9. The maximum absolute atomic E-state index is 13.3. The smallest absolute Gasteiger partial charge is 0.293 e. The van der Waals surface area contributed by atoms with Crippen molar-refractivity contribution >= 4 is 6.16 Å². The number of benzene rings is 2. The maximum Gasteiger partial charge on any atom is 0.401 e. The van der Waals surface area contributed by atoms with Gasteiger partial charge in [0.25, 0.3) is 0 Å². The van der Waals surface area contributed by atoms with Crippen molar-refractivity contribution in [3.05, 3.63) is 71.8 Å². The average Bonchev–Trinajstić information content (AvgIpc) is 3.08. The van der Waals surface area contributed by atoms with Gasteiger partial charge in [-0.25, -0.2) is 4.79 Å². The molecule has 96 valence electrons. The van der Waals surface area contributed by atoms with Crippen LogP contribution in [0, 0.1) is 0 Å². The first-order valence-electron chi connectivity index (χ1n) is 6.29. The van der Waals surface area contributed by atoms with Crippen molar-refractivity contribution < 1.29 is 9.18 Å². The number of hydrogen-bond acceptors (Lipinski definition) is 1. The topological polar surface area (TPSA) is 20.1 Å². The van der Waals surface area contributed by atoms with Gasteiger partial charge in [0.05, 0.1) is 6.04 Å². The Morgan fingerprint density at radius 3 is 1.74 bits per heavy atom. The molecule has 0 radical (unpaired) electrons. The lowest BCUT2D eigenvalue weighted by atomic mass is 9.88. The van der Waals surface area contributed by atoms with Crippen LogP contribution in [-0.4, -0.2) is 17.1 Å². The van der Waals surface area contributed by atoms with E-state index in [9.17, 15) is 9.18 Å². The minimum atomic E-state index is -1.37. The molecule has 2 aromatic carbocycles. The summed E-state index contributed by atoms with van der Waals surface area (Å²) in [6.07, 6.45) is -1.37. The first-order valence-corrected chi connectivity index (χ1v) is 6.29. The molecule has 0 aromatic heterocycles. The van der Waals surface area contributed by atoms with Crippen LogP contribution >= 0.6 is 0 Å². The number of amides is 1. The maximum atomic E-state index is 13.3. The average molecular weight is 255 g/mol.